The van der Waals surface area contributed by atoms with Gasteiger partial charge in [-0.25, -0.2) is 0 Å². The van der Waals surface area contributed by atoms with Crippen molar-refractivity contribution in [2.45, 2.75) is 6.92 Å². The highest BCUT2D eigenvalue weighted by atomic mass is 79.9. The molecule has 0 aliphatic carbocycles. The summed E-state index contributed by atoms with van der Waals surface area (Å²) < 4.78 is 9.44. The molecule has 0 unspecified atom stereocenters. The van der Waals surface area contributed by atoms with Gasteiger partial charge in [0.25, 0.3) is 0 Å². The van der Waals surface area contributed by atoms with Crippen molar-refractivity contribution >= 4 is 23.2 Å². The molecule has 0 bridgehead atoms. The molecule has 3 aromatic carbocycles. The largest absolute Gasteiger partial charge is 1.00 e. The minimum Gasteiger partial charge on any atom is -1.00 e. The van der Waals surface area contributed by atoms with E-state index in [9.17, 15) is 0 Å². The summed E-state index contributed by atoms with van der Waals surface area (Å²) in [5.74, 6) is 0. The van der Waals surface area contributed by atoms with Gasteiger partial charge in [0.1, 0.15) is 30.0 Å². The Hall–Kier alpha value is -1.51. The third-order valence-corrected chi connectivity index (χ3v) is 9.09. The predicted octanol–water partition coefficient (Wildman–Crippen LogP) is 0.995. The lowest BCUT2D eigenvalue weighted by molar-refractivity contribution is -0.00000791. The monoisotopic (exact) mass is 444 g/mol. The van der Waals surface area contributed by atoms with Crippen LogP contribution in [0.4, 0.5) is 0 Å². The topological polar surface area (TPSA) is 18.5 Å². The summed E-state index contributed by atoms with van der Waals surface area (Å²) in [5.41, 5.74) is 0. The van der Waals surface area contributed by atoms with Gasteiger partial charge in [-0.15, -0.1) is 0 Å². The Morgan fingerprint density at radius 2 is 0.963 bits per heavy atom. The molecule has 0 aromatic heterocycles. The van der Waals surface area contributed by atoms with Gasteiger partial charge >= 0.3 is 0 Å². The highest BCUT2D eigenvalue weighted by Gasteiger charge is 2.43. The molecule has 0 saturated carbocycles. The van der Waals surface area contributed by atoms with E-state index in [-0.39, 0.29) is 17.0 Å². The second-order valence-electron chi connectivity index (χ2n) is 6.07. The van der Waals surface area contributed by atoms with Crippen molar-refractivity contribution in [1.29, 1.82) is 0 Å². The van der Waals surface area contributed by atoms with Gasteiger partial charge in [-0.05, 0) is 43.3 Å². The van der Waals surface area contributed by atoms with Crippen LogP contribution in [0.2, 0.25) is 0 Å². The van der Waals surface area contributed by atoms with Gasteiger partial charge in [-0.1, -0.05) is 54.6 Å². The second kappa shape index (κ2) is 11.4. The Kier molecular flexibility index (Phi) is 9.17. The molecular formula is C23H26BrO2P. The number of hydrogen-bond donors (Lipinski definition) is 0. The molecule has 0 spiro atoms. The average Bonchev–Trinajstić information content (AvgIpc) is 3.32. The smallest absolute Gasteiger partial charge is 0.146 e. The molecule has 2 nitrogen and oxygen atoms in total. The molecule has 142 valence electrons. The third kappa shape index (κ3) is 5.27. The molecular weight excluding hydrogens is 419 g/mol. The van der Waals surface area contributed by atoms with Gasteiger partial charge in [0.15, 0.2) is 0 Å². The molecule has 3 aromatic rings. The lowest BCUT2D eigenvalue weighted by Crippen LogP contribution is -3.00. The molecule has 1 saturated heterocycles. The highest BCUT2D eigenvalue weighted by molar-refractivity contribution is 7.95. The molecule has 1 heterocycles. The van der Waals surface area contributed by atoms with Gasteiger partial charge in [-0.3, -0.25) is 0 Å². The molecule has 0 amide bonds. The van der Waals surface area contributed by atoms with Crippen molar-refractivity contribution in [3.05, 3.63) is 91.0 Å². The quantitative estimate of drug-likeness (QED) is 0.558. The van der Waals surface area contributed by atoms with Crippen LogP contribution in [0.3, 0.4) is 0 Å². The van der Waals surface area contributed by atoms with Crippen LogP contribution in [0.25, 0.3) is 0 Å². The van der Waals surface area contributed by atoms with Crippen molar-refractivity contribution in [1.82, 2.24) is 0 Å². The summed E-state index contributed by atoms with van der Waals surface area (Å²) in [5, 5.41) is 4.39. The van der Waals surface area contributed by atoms with Crippen molar-refractivity contribution in [2.24, 2.45) is 0 Å². The van der Waals surface area contributed by atoms with E-state index in [2.05, 4.69) is 97.9 Å². The zero-order chi connectivity index (χ0) is 18.1. The Morgan fingerprint density at radius 3 is 1.19 bits per heavy atom. The van der Waals surface area contributed by atoms with Crippen LogP contribution in [0.5, 0.6) is 0 Å². The first-order valence-corrected chi connectivity index (χ1v) is 11.1. The van der Waals surface area contributed by atoms with Crippen LogP contribution in [0.1, 0.15) is 6.92 Å². The van der Waals surface area contributed by atoms with Crippen LogP contribution < -0.4 is 32.9 Å². The minimum absolute atomic E-state index is 0. The van der Waals surface area contributed by atoms with Crippen LogP contribution in [-0.2, 0) is 9.47 Å². The van der Waals surface area contributed by atoms with E-state index < -0.39 is 7.26 Å². The van der Waals surface area contributed by atoms with Crippen LogP contribution in [-0.4, -0.2) is 26.2 Å². The lowest BCUT2D eigenvalue weighted by Gasteiger charge is -2.26. The fourth-order valence-electron chi connectivity index (χ4n) is 3.34. The van der Waals surface area contributed by atoms with E-state index in [1.807, 2.05) is 0 Å². The average molecular weight is 445 g/mol. The third-order valence-electron chi connectivity index (χ3n) is 4.60. The molecule has 27 heavy (non-hydrogen) atoms. The normalized spacial score (nSPS) is 13.2. The number of ether oxygens (including phenoxy) is 2. The van der Waals surface area contributed by atoms with E-state index in [1.54, 1.807) is 0 Å². The van der Waals surface area contributed by atoms with Crippen LogP contribution in [0, 0.1) is 0 Å². The zero-order valence-electron chi connectivity index (χ0n) is 15.6. The Labute approximate surface area is 173 Å². The highest BCUT2D eigenvalue weighted by Crippen LogP contribution is 2.54. The van der Waals surface area contributed by atoms with E-state index in [4.69, 9.17) is 9.47 Å². The SMILES string of the molecule is C1COCO1.CC[P+](c1ccccc1)(c1ccccc1)c1ccccc1.[Br-]. The van der Waals surface area contributed by atoms with Gasteiger partial charge in [0.05, 0.1) is 19.4 Å². The molecule has 1 aliphatic heterocycles. The van der Waals surface area contributed by atoms with Crippen molar-refractivity contribution < 1.29 is 26.5 Å². The summed E-state index contributed by atoms with van der Waals surface area (Å²) in [6.45, 7) is 4.38. The number of halogens is 1. The van der Waals surface area contributed by atoms with Gasteiger partial charge in [-0.2, -0.15) is 0 Å². The molecule has 1 aliphatic rings. The first-order valence-electron chi connectivity index (χ1n) is 9.08. The van der Waals surface area contributed by atoms with Crippen molar-refractivity contribution in [3.8, 4) is 0 Å². The van der Waals surface area contributed by atoms with E-state index in [0.29, 0.717) is 6.79 Å². The molecule has 4 rings (SSSR count). The van der Waals surface area contributed by atoms with E-state index in [1.165, 1.54) is 15.9 Å². The van der Waals surface area contributed by atoms with Gasteiger partial charge in [0.2, 0.25) is 0 Å². The zero-order valence-corrected chi connectivity index (χ0v) is 18.1. The standard InChI is InChI=1S/C20H20P.C3H6O2.BrH/c1-2-21(18-12-6-3-7-13-18,19-14-8-4-9-15-19)20-16-10-5-11-17-20;1-2-5-3-4-1;/h3-17H,2H2,1H3;1-3H2;1H/q+1;;/p-1. The van der Waals surface area contributed by atoms with Gasteiger partial charge < -0.3 is 26.5 Å². The Morgan fingerprint density at radius 1 is 0.630 bits per heavy atom. The minimum atomic E-state index is -1.53. The first-order chi connectivity index (χ1) is 12.9. The fraction of sp³-hybridized carbons (Fsp3) is 0.217. The van der Waals surface area contributed by atoms with Crippen molar-refractivity contribution in [2.75, 3.05) is 26.2 Å². The summed E-state index contributed by atoms with van der Waals surface area (Å²) >= 11 is 0. The summed E-state index contributed by atoms with van der Waals surface area (Å²) in [7, 11) is -1.53. The summed E-state index contributed by atoms with van der Waals surface area (Å²) in [6, 6.07) is 33.0. The predicted molar refractivity (Wildman–Crippen MR) is 112 cm³/mol. The number of rotatable bonds is 4. The Bertz CT molecular complexity index is 658. The molecule has 1 fully saturated rings. The second-order valence-corrected chi connectivity index (χ2v) is 9.87. The van der Waals surface area contributed by atoms with Crippen LogP contribution >= 0.6 is 7.26 Å². The first kappa shape index (κ1) is 21.8. The van der Waals surface area contributed by atoms with E-state index in [0.717, 1.165) is 19.4 Å². The maximum atomic E-state index is 4.72. The summed E-state index contributed by atoms with van der Waals surface area (Å²) in [6.07, 6.45) is 1.14. The van der Waals surface area contributed by atoms with Crippen LogP contribution in [0.15, 0.2) is 91.0 Å². The maximum absolute atomic E-state index is 4.72. The fourth-order valence-corrected chi connectivity index (χ4v) is 7.37. The maximum Gasteiger partial charge on any atom is 0.146 e. The molecule has 0 atom stereocenters. The van der Waals surface area contributed by atoms with Crippen molar-refractivity contribution in [3.63, 3.8) is 0 Å². The summed E-state index contributed by atoms with van der Waals surface area (Å²) in [4.78, 5) is 0. The number of benzene rings is 3. The Balaban J connectivity index is 0.000000379. The molecule has 0 N–H and O–H groups in total. The lowest BCUT2D eigenvalue weighted by atomic mass is 10.4. The van der Waals surface area contributed by atoms with Gasteiger partial charge in [0, 0.05) is 0 Å². The van der Waals surface area contributed by atoms with E-state index >= 15 is 0 Å². The number of hydrogen-bond acceptors (Lipinski definition) is 2. The molecule has 4 heteroatoms. The molecule has 0 radical (unpaired) electrons.